The highest BCUT2D eigenvalue weighted by Gasteiger charge is 2.11. The second-order valence-electron chi connectivity index (χ2n) is 9.14. The molecular weight excluding hydrogens is 492 g/mol. The first-order valence-corrected chi connectivity index (χ1v) is 12.9. The average molecular weight is 529 g/mol. The Bertz CT molecular complexity index is 1380. The fraction of sp³-hybridized carbons (Fsp3) is 0.273. The molecule has 0 N–H and O–H groups in total. The summed E-state index contributed by atoms with van der Waals surface area (Å²) >= 11 is 0. The summed E-state index contributed by atoms with van der Waals surface area (Å²) < 4.78 is 33.7. The molecule has 0 aliphatic rings. The fourth-order valence-corrected chi connectivity index (χ4v) is 4.48. The molecule has 0 amide bonds. The van der Waals surface area contributed by atoms with Gasteiger partial charge in [-0.1, -0.05) is 24.3 Å². The van der Waals surface area contributed by atoms with E-state index in [1.165, 1.54) is 11.1 Å². The summed E-state index contributed by atoms with van der Waals surface area (Å²) in [6.45, 7) is 0. The third-order valence-corrected chi connectivity index (χ3v) is 6.62. The van der Waals surface area contributed by atoms with Gasteiger partial charge in [0, 0.05) is 6.07 Å². The van der Waals surface area contributed by atoms with Crippen LogP contribution in [0.4, 0.5) is 0 Å². The first-order valence-electron chi connectivity index (χ1n) is 12.9. The van der Waals surface area contributed by atoms with Crippen LogP contribution in [0.2, 0.25) is 0 Å². The van der Waals surface area contributed by atoms with E-state index >= 15 is 0 Å². The summed E-state index contributed by atoms with van der Waals surface area (Å²) in [5.74, 6) is 5.10. The maximum atomic E-state index is 6.37. The second kappa shape index (κ2) is 13.5. The van der Waals surface area contributed by atoms with Gasteiger partial charge in [-0.25, -0.2) is 0 Å². The Kier molecular flexibility index (Phi) is 9.57. The van der Waals surface area contributed by atoms with Crippen molar-refractivity contribution in [3.63, 3.8) is 0 Å². The highest BCUT2D eigenvalue weighted by molar-refractivity contribution is 5.48. The van der Waals surface area contributed by atoms with Gasteiger partial charge in [-0.05, 0) is 96.5 Å². The van der Waals surface area contributed by atoms with E-state index in [0.717, 1.165) is 59.8 Å². The molecule has 0 aliphatic carbocycles. The van der Waals surface area contributed by atoms with Gasteiger partial charge in [0.15, 0.2) is 23.0 Å². The second-order valence-corrected chi connectivity index (χ2v) is 9.14. The minimum absolute atomic E-state index is 0.661. The maximum absolute atomic E-state index is 6.37. The summed E-state index contributed by atoms with van der Waals surface area (Å²) in [6, 6.07) is 26.2. The van der Waals surface area contributed by atoms with E-state index in [1.54, 1.807) is 35.5 Å². The third kappa shape index (κ3) is 7.38. The van der Waals surface area contributed by atoms with Crippen LogP contribution >= 0.6 is 0 Å². The number of hydrogen-bond donors (Lipinski definition) is 0. The first kappa shape index (κ1) is 27.7. The van der Waals surface area contributed by atoms with Crippen LogP contribution in [0.3, 0.4) is 0 Å². The quantitative estimate of drug-likeness (QED) is 0.185. The molecular formula is C33H36O6. The molecule has 0 saturated carbocycles. The molecule has 0 fully saturated rings. The molecule has 4 aromatic carbocycles. The SMILES string of the molecule is COc1cccc(CCc2cc(OC)cc(Oc3cc(CCc4ccc(OC)c(OC)c4)ccc3OC)c2)c1. The van der Waals surface area contributed by atoms with Crippen LogP contribution in [0.15, 0.2) is 78.9 Å². The molecule has 0 radical (unpaired) electrons. The number of aryl methyl sites for hydroxylation is 4. The van der Waals surface area contributed by atoms with Gasteiger partial charge in [0.25, 0.3) is 0 Å². The lowest BCUT2D eigenvalue weighted by Gasteiger charge is -2.15. The van der Waals surface area contributed by atoms with Crippen LogP contribution in [0.5, 0.6) is 40.2 Å². The predicted octanol–water partition coefficient (Wildman–Crippen LogP) is 7.09. The summed E-state index contributed by atoms with van der Waals surface area (Å²) in [4.78, 5) is 0. The maximum Gasteiger partial charge on any atom is 0.169 e. The van der Waals surface area contributed by atoms with Gasteiger partial charge in [-0.15, -0.1) is 0 Å². The highest BCUT2D eigenvalue weighted by atomic mass is 16.5. The summed E-state index contributed by atoms with van der Waals surface area (Å²) in [7, 11) is 8.29. The molecule has 4 aromatic rings. The minimum atomic E-state index is 0.661. The molecule has 0 bridgehead atoms. The predicted molar refractivity (Wildman–Crippen MR) is 153 cm³/mol. The van der Waals surface area contributed by atoms with E-state index in [0.29, 0.717) is 17.2 Å². The van der Waals surface area contributed by atoms with Gasteiger partial charge in [0.1, 0.15) is 17.2 Å². The smallest absolute Gasteiger partial charge is 0.169 e. The van der Waals surface area contributed by atoms with Crippen LogP contribution in [0, 0.1) is 0 Å². The van der Waals surface area contributed by atoms with Gasteiger partial charge < -0.3 is 28.4 Å². The summed E-state index contributed by atoms with van der Waals surface area (Å²) in [5, 5.41) is 0. The minimum Gasteiger partial charge on any atom is -0.497 e. The van der Waals surface area contributed by atoms with Gasteiger partial charge in [0.05, 0.1) is 35.5 Å². The van der Waals surface area contributed by atoms with Crippen molar-refractivity contribution in [2.24, 2.45) is 0 Å². The molecule has 204 valence electrons. The molecule has 0 heterocycles. The Hall–Kier alpha value is -4.32. The van der Waals surface area contributed by atoms with Crippen molar-refractivity contribution in [3.8, 4) is 40.2 Å². The van der Waals surface area contributed by atoms with Crippen LogP contribution in [0.1, 0.15) is 22.3 Å². The molecule has 4 rings (SSSR count). The van der Waals surface area contributed by atoms with E-state index < -0.39 is 0 Å². The van der Waals surface area contributed by atoms with Crippen molar-refractivity contribution in [1.29, 1.82) is 0 Å². The van der Waals surface area contributed by atoms with Gasteiger partial charge in [0.2, 0.25) is 0 Å². The number of hydrogen-bond acceptors (Lipinski definition) is 6. The first-order chi connectivity index (χ1) is 19.0. The molecule has 0 atom stereocenters. The van der Waals surface area contributed by atoms with Gasteiger partial charge in [-0.3, -0.25) is 0 Å². The zero-order valence-corrected chi connectivity index (χ0v) is 23.3. The molecule has 6 nitrogen and oxygen atoms in total. The van der Waals surface area contributed by atoms with Crippen molar-refractivity contribution in [3.05, 3.63) is 101 Å². The molecule has 0 spiro atoms. The number of ether oxygens (including phenoxy) is 6. The molecule has 0 unspecified atom stereocenters. The summed E-state index contributed by atoms with van der Waals surface area (Å²) in [6.07, 6.45) is 3.39. The van der Waals surface area contributed by atoms with Crippen LogP contribution in [0.25, 0.3) is 0 Å². The van der Waals surface area contributed by atoms with Crippen LogP contribution < -0.4 is 28.4 Å². The van der Waals surface area contributed by atoms with E-state index in [9.17, 15) is 0 Å². The molecule has 0 saturated heterocycles. The highest BCUT2D eigenvalue weighted by Crippen LogP contribution is 2.35. The molecule has 0 aromatic heterocycles. The monoisotopic (exact) mass is 528 g/mol. The zero-order chi connectivity index (χ0) is 27.6. The Balaban J connectivity index is 1.50. The topological polar surface area (TPSA) is 55.4 Å². The largest absolute Gasteiger partial charge is 0.497 e. The Labute approximate surface area is 231 Å². The van der Waals surface area contributed by atoms with Crippen molar-refractivity contribution in [2.75, 3.05) is 35.5 Å². The number of rotatable bonds is 13. The average Bonchev–Trinajstić information content (AvgIpc) is 2.98. The third-order valence-electron chi connectivity index (χ3n) is 6.62. The Morgan fingerprint density at radius 3 is 1.51 bits per heavy atom. The van der Waals surface area contributed by atoms with Crippen LogP contribution in [-0.4, -0.2) is 35.5 Å². The van der Waals surface area contributed by atoms with Gasteiger partial charge in [-0.2, -0.15) is 0 Å². The van der Waals surface area contributed by atoms with Crippen molar-refractivity contribution in [1.82, 2.24) is 0 Å². The van der Waals surface area contributed by atoms with Crippen LogP contribution in [-0.2, 0) is 25.7 Å². The van der Waals surface area contributed by atoms with Crippen molar-refractivity contribution >= 4 is 0 Å². The molecule has 6 heteroatoms. The number of benzene rings is 4. The van der Waals surface area contributed by atoms with E-state index in [1.807, 2.05) is 48.5 Å². The normalized spacial score (nSPS) is 10.6. The molecule has 39 heavy (non-hydrogen) atoms. The van der Waals surface area contributed by atoms with Crippen molar-refractivity contribution in [2.45, 2.75) is 25.7 Å². The van der Waals surface area contributed by atoms with E-state index in [2.05, 4.69) is 30.3 Å². The Morgan fingerprint density at radius 1 is 0.385 bits per heavy atom. The lowest BCUT2D eigenvalue weighted by atomic mass is 10.0. The molecule has 0 aliphatic heterocycles. The van der Waals surface area contributed by atoms with Crippen molar-refractivity contribution < 1.29 is 28.4 Å². The lowest BCUT2D eigenvalue weighted by molar-refractivity contribution is 0.354. The fourth-order valence-electron chi connectivity index (χ4n) is 4.48. The lowest BCUT2D eigenvalue weighted by Crippen LogP contribution is -1.98. The summed E-state index contributed by atoms with van der Waals surface area (Å²) in [5.41, 5.74) is 4.64. The zero-order valence-electron chi connectivity index (χ0n) is 23.3. The van der Waals surface area contributed by atoms with E-state index in [-0.39, 0.29) is 0 Å². The van der Waals surface area contributed by atoms with E-state index in [4.69, 9.17) is 28.4 Å². The standard InChI is InChI=1S/C33H36O6/c1-34-27-8-6-7-23(17-27)11-12-26-18-28(35-2)22-29(19-26)39-33-21-25(14-16-31(33)37-4)10-9-24-13-15-30(36-3)32(20-24)38-5/h6-8,13-22H,9-12H2,1-5H3. The Morgan fingerprint density at radius 2 is 0.897 bits per heavy atom. The number of methoxy groups -OCH3 is 5. The van der Waals surface area contributed by atoms with Gasteiger partial charge >= 0.3 is 0 Å².